The van der Waals surface area contributed by atoms with Gasteiger partial charge in [0, 0.05) is 29.7 Å². The average Bonchev–Trinajstić information content (AvgIpc) is 3.00. The van der Waals surface area contributed by atoms with E-state index in [1.165, 1.54) is 30.1 Å². The number of anilines is 1. The third-order valence-corrected chi connectivity index (χ3v) is 5.98. The van der Waals surface area contributed by atoms with E-state index in [1.54, 1.807) is 13.1 Å². The molecule has 1 unspecified atom stereocenters. The van der Waals surface area contributed by atoms with Crippen molar-refractivity contribution in [2.75, 3.05) is 12.4 Å². The normalized spacial score (nSPS) is 17.9. The molecule has 9 heteroatoms. The lowest BCUT2D eigenvalue weighted by atomic mass is 10.1. The molecule has 2 amide bonds. The Hall–Kier alpha value is -2.84. The molecule has 1 aliphatic rings. The minimum absolute atomic E-state index is 0.00920. The predicted octanol–water partition coefficient (Wildman–Crippen LogP) is 3.95. The lowest BCUT2D eigenvalue weighted by Gasteiger charge is -2.13. The largest absolute Gasteiger partial charge is 0.507 e. The van der Waals surface area contributed by atoms with E-state index in [9.17, 15) is 14.7 Å². The number of nitrogens with one attached hydrogen (secondary N) is 1. The number of halogens is 1. The van der Waals surface area contributed by atoms with Crippen molar-refractivity contribution in [1.29, 1.82) is 0 Å². The number of aryl methyl sites for hydroxylation is 2. The van der Waals surface area contributed by atoms with Crippen LogP contribution in [0.4, 0.5) is 5.69 Å². The quantitative estimate of drug-likeness (QED) is 0.682. The number of hydrazone groups is 1. The number of phenols is 1. The Balaban J connectivity index is 1.72. The molecule has 0 aliphatic carbocycles. The first-order valence-corrected chi connectivity index (χ1v) is 10.4. The molecule has 1 saturated heterocycles. The molecule has 30 heavy (non-hydrogen) atoms. The van der Waals surface area contributed by atoms with Gasteiger partial charge in [-0.25, -0.2) is 0 Å². The van der Waals surface area contributed by atoms with Crippen molar-refractivity contribution >= 4 is 52.2 Å². The number of para-hydroxylation sites is 1. The van der Waals surface area contributed by atoms with E-state index in [1.807, 2.05) is 32.0 Å². The van der Waals surface area contributed by atoms with E-state index in [0.29, 0.717) is 15.8 Å². The minimum Gasteiger partial charge on any atom is -0.507 e. The Labute approximate surface area is 183 Å². The zero-order chi connectivity index (χ0) is 21.8. The summed E-state index contributed by atoms with van der Waals surface area (Å²) in [6.45, 7) is 3.84. The number of hydrogen-bond acceptors (Lipinski definition) is 6. The van der Waals surface area contributed by atoms with E-state index in [4.69, 9.17) is 11.6 Å². The fourth-order valence-electron chi connectivity index (χ4n) is 2.96. The van der Waals surface area contributed by atoms with Crippen molar-refractivity contribution in [1.82, 2.24) is 5.01 Å². The maximum atomic E-state index is 12.8. The number of thioether (sulfide) groups is 1. The van der Waals surface area contributed by atoms with E-state index in [-0.39, 0.29) is 24.0 Å². The topological polar surface area (TPSA) is 94.4 Å². The highest BCUT2D eigenvalue weighted by Gasteiger charge is 2.39. The number of rotatable bonds is 5. The van der Waals surface area contributed by atoms with Crippen LogP contribution in [-0.2, 0) is 9.59 Å². The van der Waals surface area contributed by atoms with Gasteiger partial charge in [0.25, 0.3) is 5.91 Å². The van der Waals surface area contributed by atoms with Gasteiger partial charge in [0.1, 0.15) is 11.0 Å². The first-order chi connectivity index (χ1) is 14.3. The van der Waals surface area contributed by atoms with E-state index < -0.39 is 5.25 Å². The number of hydrogen-bond donors (Lipinski definition) is 2. The standard InChI is InChI=1S/C21H21ClN4O3S/c1-12-5-4-6-13(2)19(12)25-18(28)10-17-20(29)26(21(23-3)30-17)24-11-14-9-15(22)7-8-16(14)27/h4-9,11,17,27H,10H2,1-3H3,(H,25,28). The van der Waals surface area contributed by atoms with Crippen molar-refractivity contribution in [3.8, 4) is 5.75 Å². The Bertz CT molecular complexity index is 1030. The lowest BCUT2D eigenvalue weighted by Crippen LogP contribution is -2.30. The van der Waals surface area contributed by atoms with Crippen LogP contribution < -0.4 is 5.32 Å². The van der Waals surface area contributed by atoms with Gasteiger partial charge in [0.15, 0.2) is 5.17 Å². The summed E-state index contributed by atoms with van der Waals surface area (Å²) in [5.74, 6) is -0.621. The number of aliphatic imine (C=N–C) groups is 1. The van der Waals surface area contributed by atoms with Crippen molar-refractivity contribution < 1.29 is 14.7 Å². The smallest absolute Gasteiger partial charge is 0.263 e. The molecule has 3 rings (SSSR count). The molecule has 1 heterocycles. The van der Waals surface area contributed by atoms with Crippen LogP contribution in [0, 0.1) is 13.8 Å². The van der Waals surface area contributed by atoms with Gasteiger partial charge in [-0.3, -0.25) is 14.6 Å². The van der Waals surface area contributed by atoms with Gasteiger partial charge >= 0.3 is 0 Å². The fourth-order valence-corrected chi connectivity index (χ4v) is 4.17. The molecule has 1 fully saturated rings. The van der Waals surface area contributed by atoms with Gasteiger partial charge in [0.05, 0.1) is 6.21 Å². The number of carbonyl (C=O) groups is 2. The molecule has 1 aliphatic heterocycles. The molecular weight excluding hydrogens is 424 g/mol. The van der Waals surface area contributed by atoms with Crippen molar-refractivity contribution in [3.63, 3.8) is 0 Å². The van der Waals surface area contributed by atoms with E-state index >= 15 is 0 Å². The second kappa shape index (κ2) is 9.32. The Morgan fingerprint density at radius 2 is 2.00 bits per heavy atom. The summed E-state index contributed by atoms with van der Waals surface area (Å²) in [7, 11) is 1.55. The molecule has 2 aromatic carbocycles. The van der Waals surface area contributed by atoms with E-state index in [0.717, 1.165) is 21.8 Å². The number of benzene rings is 2. The van der Waals surface area contributed by atoms with Gasteiger partial charge in [-0.05, 0) is 43.2 Å². The zero-order valence-corrected chi connectivity index (χ0v) is 18.3. The van der Waals surface area contributed by atoms with Gasteiger partial charge < -0.3 is 10.4 Å². The molecule has 0 bridgehead atoms. The highest BCUT2D eigenvalue weighted by Crippen LogP contribution is 2.31. The number of amides is 2. The molecule has 156 valence electrons. The summed E-state index contributed by atoms with van der Waals surface area (Å²) in [6, 6.07) is 10.3. The third kappa shape index (κ3) is 4.83. The highest BCUT2D eigenvalue weighted by atomic mass is 35.5. The van der Waals surface area contributed by atoms with Crippen LogP contribution in [0.2, 0.25) is 5.02 Å². The van der Waals surface area contributed by atoms with Crippen LogP contribution in [-0.4, -0.2) is 45.6 Å². The molecular formula is C21H21ClN4O3S. The molecule has 0 spiro atoms. The zero-order valence-electron chi connectivity index (χ0n) is 16.7. The summed E-state index contributed by atoms with van der Waals surface area (Å²) in [6.07, 6.45) is 1.33. The average molecular weight is 445 g/mol. The molecule has 0 saturated carbocycles. The predicted molar refractivity (Wildman–Crippen MR) is 121 cm³/mol. The number of carbonyl (C=O) groups excluding carboxylic acids is 2. The van der Waals surface area contributed by atoms with Crippen LogP contribution >= 0.6 is 23.4 Å². The summed E-state index contributed by atoms with van der Waals surface area (Å²) in [4.78, 5) is 29.5. The minimum atomic E-state index is -0.641. The summed E-state index contributed by atoms with van der Waals surface area (Å²) >= 11 is 7.12. The first kappa shape index (κ1) is 21.9. The molecule has 0 radical (unpaired) electrons. The molecule has 2 N–H and O–H groups in total. The SMILES string of the molecule is CN=C1SC(CC(=O)Nc2c(C)cccc2C)C(=O)N1N=Cc1cc(Cl)ccc1O. The maximum absolute atomic E-state index is 12.8. The fraction of sp³-hybridized carbons (Fsp3) is 0.238. The van der Waals surface area contributed by atoms with Crippen LogP contribution in [0.5, 0.6) is 5.75 Å². The van der Waals surface area contributed by atoms with Crippen LogP contribution in [0.25, 0.3) is 0 Å². The van der Waals surface area contributed by atoms with Gasteiger partial charge in [-0.15, -0.1) is 0 Å². The maximum Gasteiger partial charge on any atom is 0.263 e. The Morgan fingerprint density at radius 1 is 1.30 bits per heavy atom. The third-order valence-electron chi connectivity index (χ3n) is 4.52. The molecule has 0 aromatic heterocycles. The van der Waals surface area contributed by atoms with Gasteiger partial charge in [-0.1, -0.05) is 41.6 Å². The first-order valence-electron chi connectivity index (χ1n) is 9.16. The Kier molecular flexibility index (Phi) is 6.79. The summed E-state index contributed by atoms with van der Waals surface area (Å²) in [5, 5.41) is 18.3. The van der Waals surface area contributed by atoms with Gasteiger partial charge in [0.2, 0.25) is 5.91 Å². The van der Waals surface area contributed by atoms with Gasteiger partial charge in [-0.2, -0.15) is 10.1 Å². The summed E-state index contributed by atoms with van der Waals surface area (Å²) < 4.78 is 0. The molecule has 2 aromatic rings. The second-order valence-electron chi connectivity index (χ2n) is 6.73. The monoisotopic (exact) mass is 444 g/mol. The molecule has 1 atom stereocenters. The highest BCUT2D eigenvalue weighted by molar-refractivity contribution is 8.15. The number of nitrogens with zero attached hydrogens (tertiary/aromatic N) is 3. The summed E-state index contributed by atoms with van der Waals surface area (Å²) in [5.41, 5.74) is 3.04. The van der Waals surface area contributed by atoms with Crippen molar-refractivity contribution in [2.24, 2.45) is 10.1 Å². The van der Waals surface area contributed by atoms with Crippen LogP contribution in [0.15, 0.2) is 46.5 Å². The van der Waals surface area contributed by atoms with Crippen LogP contribution in [0.1, 0.15) is 23.1 Å². The second-order valence-corrected chi connectivity index (χ2v) is 8.34. The van der Waals surface area contributed by atoms with Crippen molar-refractivity contribution in [2.45, 2.75) is 25.5 Å². The molecule has 7 nitrogen and oxygen atoms in total. The number of amidine groups is 1. The number of phenolic OH excluding ortho intramolecular Hbond substituents is 1. The van der Waals surface area contributed by atoms with E-state index in [2.05, 4.69) is 15.4 Å². The van der Waals surface area contributed by atoms with Crippen LogP contribution in [0.3, 0.4) is 0 Å². The lowest BCUT2D eigenvalue weighted by molar-refractivity contribution is -0.128. The van der Waals surface area contributed by atoms with Crippen molar-refractivity contribution in [3.05, 3.63) is 58.1 Å². The Morgan fingerprint density at radius 3 is 2.67 bits per heavy atom. The number of aromatic hydroxyl groups is 1.